The van der Waals surface area contributed by atoms with Crippen molar-refractivity contribution in [1.29, 1.82) is 0 Å². The van der Waals surface area contributed by atoms with Crippen molar-refractivity contribution < 1.29 is 17.6 Å². The maximum absolute atomic E-state index is 12.9. The molecule has 1 heterocycles. The summed E-state index contributed by atoms with van der Waals surface area (Å²) in [5.74, 6) is -0.416. The summed E-state index contributed by atoms with van der Waals surface area (Å²) in [6, 6.07) is 14.2. The van der Waals surface area contributed by atoms with Crippen LogP contribution in [0.15, 0.2) is 63.8 Å². The van der Waals surface area contributed by atoms with Gasteiger partial charge in [0.1, 0.15) is 5.82 Å². The number of carbonyl (C=O) groups excluding carboxylic acids is 1. The Kier molecular flexibility index (Phi) is 6.76. The van der Waals surface area contributed by atoms with Gasteiger partial charge >= 0.3 is 0 Å². The smallest absolute Gasteiger partial charge is 0.227 e. The van der Waals surface area contributed by atoms with E-state index >= 15 is 0 Å². The molecule has 1 amide bonds. The molecule has 0 unspecified atom stereocenters. The Morgan fingerprint density at radius 2 is 1.79 bits per heavy atom. The lowest BCUT2D eigenvalue weighted by Crippen LogP contribution is -2.17. The highest BCUT2D eigenvalue weighted by molar-refractivity contribution is 8.00. The zero-order chi connectivity index (χ0) is 20.0. The van der Waals surface area contributed by atoms with Gasteiger partial charge in [0, 0.05) is 12.2 Å². The van der Waals surface area contributed by atoms with Gasteiger partial charge in [-0.15, -0.1) is 10.2 Å². The van der Waals surface area contributed by atoms with Gasteiger partial charge in [-0.25, -0.2) is 12.8 Å². The summed E-state index contributed by atoms with van der Waals surface area (Å²) in [7, 11) is -3.51. The summed E-state index contributed by atoms with van der Waals surface area (Å²) in [6.07, 6.45) is -0.172. The standard InChI is InChI=1S/C18H16FN3O3S3/c19-14-8-6-13(7-9-14)12-26-18-22-21-17(27-18)20-16(23)10-11-28(24,25)15-4-2-1-3-5-15/h1-9H,10-12H2,(H,20,21,23). The van der Waals surface area contributed by atoms with Gasteiger partial charge in [0.05, 0.1) is 10.6 Å². The number of sulfone groups is 1. The number of thioether (sulfide) groups is 1. The Balaban J connectivity index is 1.49. The molecule has 0 fully saturated rings. The van der Waals surface area contributed by atoms with Gasteiger partial charge < -0.3 is 5.32 Å². The SMILES string of the molecule is O=C(CCS(=O)(=O)c1ccccc1)Nc1nnc(SCc2ccc(F)cc2)s1. The Morgan fingerprint density at radius 1 is 1.07 bits per heavy atom. The minimum absolute atomic E-state index is 0.172. The highest BCUT2D eigenvalue weighted by atomic mass is 32.2. The van der Waals surface area contributed by atoms with Crippen molar-refractivity contribution in [1.82, 2.24) is 10.2 Å². The number of carbonyl (C=O) groups is 1. The molecular formula is C18H16FN3O3S3. The van der Waals surface area contributed by atoms with E-state index in [-0.39, 0.29) is 22.9 Å². The maximum Gasteiger partial charge on any atom is 0.227 e. The van der Waals surface area contributed by atoms with Gasteiger partial charge in [-0.3, -0.25) is 4.79 Å². The van der Waals surface area contributed by atoms with Crippen molar-refractivity contribution in [2.75, 3.05) is 11.1 Å². The van der Waals surface area contributed by atoms with E-state index in [1.165, 1.54) is 47.4 Å². The quantitative estimate of drug-likeness (QED) is 0.426. The first kappa shape index (κ1) is 20.4. The normalized spacial score (nSPS) is 11.3. The second-order valence-corrected chi connectivity index (χ2v) is 10.0. The molecule has 0 aliphatic carbocycles. The largest absolute Gasteiger partial charge is 0.300 e. The molecule has 28 heavy (non-hydrogen) atoms. The molecule has 0 aliphatic rings. The van der Waals surface area contributed by atoms with Crippen LogP contribution in [0.2, 0.25) is 0 Å². The first-order valence-electron chi connectivity index (χ1n) is 8.21. The van der Waals surface area contributed by atoms with Crippen LogP contribution in [0.25, 0.3) is 0 Å². The van der Waals surface area contributed by atoms with E-state index in [1.807, 2.05) is 0 Å². The number of anilines is 1. The van der Waals surface area contributed by atoms with Gasteiger partial charge in [-0.1, -0.05) is 53.4 Å². The maximum atomic E-state index is 12.9. The monoisotopic (exact) mass is 437 g/mol. The van der Waals surface area contributed by atoms with E-state index in [0.29, 0.717) is 15.2 Å². The number of nitrogens with zero attached hydrogens (tertiary/aromatic N) is 2. The van der Waals surface area contributed by atoms with E-state index in [0.717, 1.165) is 5.56 Å². The van der Waals surface area contributed by atoms with E-state index in [1.54, 1.807) is 30.3 Å². The molecule has 2 aromatic carbocycles. The third-order valence-corrected chi connectivity index (χ3v) is 7.40. The van der Waals surface area contributed by atoms with Crippen LogP contribution in [0.3, 0.4) is 0 Å². The number of halogens is 1. The van der Waals surface area contributed by atoms with E-state index in [2.05, 4.69) is 15.5 Å². The van der Waals surface area contributed by atoms with Crippen LogP contribution < -0.4 is 5.32 Å². The third kappa shape index (κ3) is 5.85. The van der Waals surface area contributed by atoms with Crippen molar-refractivity contribution >= 4 is 44.0 Å². The molecule has 6 nitrogen and oxygen atoms in total. The first-order valence-corrected chi connectivity index (χ1v) is 11.7. The summed E-state index contributed by atoms with van der Waals surface area (Å²) in [6.45, 7) is 0. The Hall–Kier alpha value is -2.30. The minimum atomic E-state index is -3.51. The zero-order valence-corrected chi connectivity index (χ0v) is 17.0. The van der Waals surface area contributed by atoms with Gasteiger partial charge in [0.15, 0.2) is 14.2 Å². The van der Waals surface area contributed by atoms with Crippen LogP contribution in [0.5, 0.6) is 0 Å². The summed E-state index contributed by atoms with van der Waals surface area (Å²) >= 11 is 2.62. The molecule has 1 N–H and O–H groups in total. The lowest BCUT2D eigenvalue weighted by atomic mass is 10.2. The molecule has 0 radical (unpaired) electrons. The predicted octanol–water partition coefficient (Wildman–Crippen LogP) is 3.77. The third-order valence-electron chi connectivity index (χ3n) is 3.63. The first-order chi connectivity index (χ1) is 13.4. The van der Waals surface area contributed by atoms with Gasteiger partial charge in [0.25, 0.3) is 0 Å². The number of rotatable bonds is 8. The summed E-state index contributed by atoms with van der Waals surface area (Å²) in [5, 5.41) is 10.8. The molecule has 0 saturated heterocycles. The average molecular weight is 438 g/mol. The van der Waals surface area contributed by atoms with Crippen LogP contribution in [0, 0.1) is 5.82 Å². The molecule has 146 valence electrons. The highest BCUT2D eigenvalue weighted by Crippen LogP contribution is 2.28. The number of nitrogens with one attached hydrogen (secondary N) is 1. The van der Waals surface area contributed by atoms with Gasteiger partial charge in [0.2, 0.25) is 11.0 Å². The highest BCUT2D eigenvalue weighted by Gasteiger charge is 2.17. The van der Waals surface area contributed by atoms with E-state index in [4.69, 9.17) is 0 Å². The van der Waals surface area contributed by atoms with Crippen molar-refractivity contribution in [3.63, 3.8) is 0 Å². The van der Waals surface area contributed by atoms with Crippen molar-refractivity contribution in [2.45, 2.75) is 21.4 Å². The molecule has 0 saturated carbocycles. The second-order valence-electron chi connectivity index (χ2n) is 5.72. The summed E-state index contributed by atoms with van der Waals surface area (Å²) in [5.41, 5.74) is 0.943. The molecular weight excluding hydrogens is 421 g/mol. The predicted molar refractivity (Wildman–Crippen MR) is 108 cm³/mol. The van der Waals surface area contributed by atoms with Crippen molar-refractivity contribution in [3.8, 4) is 0 Å². The fraction of sp³-hybridized carbons (Fsp3) is 0.167. The topological polar surface area (TPSA) is 89.0 Å². The molecule has 3 aromatic rings. The number of amides is 1. The van der Waals surface area contributed by atoms with E-state index in [9.17, 15) is 17.6 Å². The number of hydrogen-bond donors (Lipinski definition) is 1. The summed E-state index contributed by atoms with van der Waals surface area (Å²) in [4.78, 5) is 12.2. The van der Waals surface area contributed by atoms with Gasteiger partial charge in [-0.05, 0) is 29.8 Å². The fourth-order valence-electron chi connectivity index (χ4n) is 2.20. The van der Waals surface area contributed by atoms with Crippen LogP contribution in [-0.2, 0) is 20.4 Å². The van der Waals surface area contributed by atoms with Crippen molar-refractivity contribution in [3.05, 3.63) is 66.0 Å². The number of benzene rings is 2. The van der Waals surface area contributed by atoms with Gasteiger partial charge in [-0.2, -0.15) is 0 Å². The zero-order valence-electron chi connectivity index (χ0n) is 14.5. The molecule has 1 aromatic heterocycles. The number of hydrogen-bond acceptors (Lipinski definition) is 7. The molecule has 0 aliphatic heterocycles. The Labute approximate surface area is 170 Å². The lowest BCUT2D eigenvalue weighted by Gasteiger charge is -2.04. The minimum Gasteiger partial charge on any atom is -0.300 e. The van der Waals surface area contributed by atoms with Crippen molar-refractivity contribution in [2.24, 2.45) is 0 Å². The Morgan fingerprint density at radius 3 is 2.50 bits per heavy atom. The summed E-state index contributed by atoms with van der Waals surface area (Å²) < 4.78 is 38.0. The van der Waals surface area contributed by atoms with Crippen LogP contribution in [-0.4, -0.2) is 30.3 Å². The Bertz CT molecular complexity index is 1040. The van der Waals surface area contributed by atoms with Crippen LogP contribution >= 0.6 is 23.1 Å². The molecule has 0 bridgehead atoms. The van der Waals surface area contributed by atoms with Crippen LogP contribution in [0.1, 0.15) is 12.0 Å². The van der Waals surface area contributed by atoms with E-state index < -0.39 is 15.7 Å². The second kappa shape index (κ2) is 9.26. The molecule has 3 rings (SSSR count). The molecule has 10 heteroatoms. The molecule has 0 atom stereocenters. The average Bonchev–Trinajstić information content (AvgIpc) is 3.14. The lowest BCUT2D eigenvalue weighted by molar-refractivity contribution is -0.115. The molecule has 0 spiro atoms. The fourth-order valence-corrected chi connectivity index (χ4v) is 5.18. The van der Waals surface area contributed by atoms with Crippen LogP contribution in [0.4, 0.5) is 9.52 Å². The number of aromatic nitrogens is 2.